The van der Waals surface area contributed by atoms with Gasteiger partial charge in [0, 0.05) is 36.2 Å². The van der Waals surface area contributed by atoms with E-state index >= 15 is 0 Å². The van der Waals surface area contributed by atoms with Gasteiger partial charge in [0.2, 0.25) is 16.0 Å². The van der Waals surface area contributed by atoms with Gasteiger partial charge in [-0.25, -0.2) is 22.9 Å². The second-order valence-corrected chi connectivity index (χ2v) is 8.21. The molecule has 2 aromatic carbocycles. The molecule has 0 atom stereocenters. The first-order valence-electron chi connectivity index (χ1n) is 9.29. The van der Waals surface area contributed by atoms with Gasteiger partial charge < -0.3 is 20.7 Å². The minimum atomic E-state index is -3.78. The van der Waals surface area contributed by atoms with Crippen LogP contribution >= 0.6 is 0 Å². The number of anilines is 4. The molecule has 0 aliphatic heterocycles. The molecule has 1 aromatic heterocycles. The Kier molecular flexibility index (Phi) is 6.85. The number of carbonyl (C=O) groups is 1. The third kappa shape index (κ3) is 5.89. The Morgan fingerprint density at radius 1 is 1.12 bits per heavy atom. The lowest BCUT2D eigenvalue weighted by atomic mass is 10.2. The van der Waals surface area contributed by atoms with Gasteiger partial charge in [-0.3, -0.25) is 4.79 Å². The summed E-state index contributed by atoms with van der Waals surface area (Å²) in [6, 6.07) is 10.0. The van der Waals surface area contributed by atoms with Gasteiger partial charge in [-0.15, -0.1) is 0 Å². The molecule has 0 radical (unpaired) electrons. The van der Waals surface area contributed by atoms with Crippen LogP contribution in [0.25, 0.3) is 0 Å². The Balaban J connectivity index is 1.73. The van der Waals surface area contributed by atoms with E-state index in [2.05, 4.69) is 25.9 Å². The Morgan fingerprint density at radius 2 is 1.81 bits per heavy atom. The molecule has 0 aliphatic carbocycles. The smallest absolute Gasteiger partial charge is 0.257 e. The SMILES string of the molecule is CNC(=O)COc1ccc(Nc2nc(Nc3ccc(S(N)(=O)=O)cc3)ncc2C)cc1F. The monoisotopic (exact) mass is 460 g/mol. The fourth-order valence-corrected chi connectivity index (χ4v) is 3.05. The lowest BCUT2D eigenvalue weighted by molar-refractivity contribution is -0.122. The number of primary sulfonamides is 1. The van der Waals surface area contributed by atoms with Crippen molar-refractivity contribution in [2.75, 3.05) is 24.3 Å². The zero-order chi connectivity index (χ0) is 23.3. The summed E-state index contributed by atoms with van der Waals surface area (Å²) in [6.45, 7) is 1.49. The number of halogens is 1. The van der Waals surface area contributed by atoms with E-state index in [1.54, 1.807) is 19.2 Å². The second kappa shape index (κ2) is 9.58. The van der Waals surface area contributed by atoms with Crippen LogP contribution in [0.5, 0.6) is 5.75 Å². The lowest BCUT2D eigenvalue weighted by Gasteiger charge is -2.12. The van der Waals surface area contributed by atoms with Crippen molar-refractivity contribution in [3.63, 3.8) is 0 Å². The molecule has 32 heavy (non-hydrogen) atoms. The minimum absolute atomic E-state index is 0.0139. The molecule has 0 saturated carbocycles. The molecule has 1 amide bonds. The summed E-state index contributed by atoms with van der Waals surface area (Å²) in [5.74, 6) is -0.389. The molecule has 0 fully saturated rings. The van der Waals surface area contributed by atoms with Crippen LogP contribution in [0.3, 0.4) is 0 Å². The number of carbonyl (C=O) groups excluding carboxylic acids is 1. The fourth-order valence-electron chi connectivity index (χ4n) is 2.53. The predicted octanol–water partition coefficient (Wildman–Crippen LogP) is 2.18. The zero-order valence-electron chi connectivity index (χ0n) is 17.2. The summed E-state index contributed by atoms with van der Waals surface area (Å²) in [6.07, 6.45) is 1.58. The van der Waals surface area contributed by atoms with Crippen LogP contribution in [-0.2, 0) is 14.8 Å². The number of sulfonamides is 1. The first-order valence-corrected chi connectivity index (χ1v) is 10.8. The summed E-state index contributed by atoms with van der Waals surface area (Å²) < 4.78 is 42.1. The normalized spacial score (nSPS) is 11.0. The number of hydrogen-bond donors (Lipinski definition) is 4. The van der Waals surface area contributed by atoms with Crippen molar-refractivity contribution in [2.24, 2.45) is 5.14 Å². The summed E-state index contributed by atoms with van der Waals surface area (Å²) in [5, 5.41) is 13.4. The second-order valence-electron chi connectivity index (χ2n) is 6.65. The van der Waals surface area contributed by atoms with Gasteiger partial charge >= 0.3 is 0 Å². The van der Waals surface area contributed by atoms with Gasteiger partial charge in [-0.1, -0.05) is 0 Å². The molecular formula is C20H21FN6O4S. The highest BCUT2D eigenvalue weighted by Gasteiger charge is 2.11. The van der Waals surface area contributed by atoms with Crippen LogP contribution < -0.4 is 25.8 Å². The van der Waals surface area contributed by atoms with Crippen molar-refractivity contribution in [3.05, 3.63) is 60.0 Å². The molecule has 0 saturated heterocycles. The molecule has 10 nitrogen and oxygen atoms in total. The van der Waals surface area contributed by atoms with E-state index in [0.29, 0.717) is 22.8 Å². The molecule has 5 N–H and O–H groups in total. The topological polar surface area (TPSA) is 148 Å². The third-order valence-electron chi connectivity index (χ3n) is 4.24. The van der Waals surface area contributed by atoms with E-state index in [1.807, 2.05) is 0 Å². The lowest BCUT2D eigenvalue weighted by Crippen LogP contribution is -2.25. The maximum atomic E-state index is 14.3. The van der Waals surface area contributed by atoms with Crippen molar-refractivity contribution in [1.29, 1.82) is 0 Å². The Hall–Kier alpha value is -3.77. The van der Waals surface area contributed by atoms with E-state index in [4.69, 9.17) is 9.88 Å². The van der Waals surface area contributed by atoms with E-state index < -0.39 is 15.8 Å². The van der Waals surface area contributed by atoms with E-state index in [9.17, 15) is 17.6 Å². The van der Waals surface area contributed by atoms with E-state index in [-0.39, 0.29) is 29.1 Å². The highest BCUT2D eigenvalue weighted by molar-refractivity contribution is 7.89. The average Bonchev–Trinajstić information content (AvgIpc) is 2.75. The van der Waals surface area contributed by atoms with Crippen LogP contribution in [0.4, 0.5) is 27.5 Å². The van der Waals surface area contributed by atoms with Crippen molar-refractivity contribution in [2.45, 2.75) is 11.8 Å². The predicted molar refractivity (Wildman–Crippen MR) is 117 cm³/mol. The fraction of sp³-hybridized carbons (Fsp3) is 0.150. The van der Waals surface area contributed by atoms with Crippen LogP contribution in [0.2, 0.25) is 0 Å². The van der Waals surface area contributed by atoms with E-state index in [0.717, 1.165) is 0 Å². The molecule has 0 bridgehead atoms. The Labute approximate surface area is 184 Å². The van der Waals surface area contributed by atoms with Gasteiger partial charge in [0.15, 0.2) is 18.2 Å². The molecule has 0 aliphatic rings. The van der Waals surface area contributed by atoms with Crippen molar-refractivity contribution < 1.29 is 22.3 Å². The number of nitrogens with zero attached hydrogens (tertiary/aromatic N) is 2. The molecule has 0 unspecified atom stereocenters. The summed E-state index contributed by atoms with van der Waals surface area (Å²) >= 11 is 0. The van der Waals surface area contributed by atoms with Gasteiger partial charge in [0.05, 0.1) is 4.90 Å². The number of aryl methyl sites for hydroxylation is 1. The van der Waals surface area contributed by atoms with Crippen molar-refractivity contribution in [1.82, 2.24) is 15.3 Å². The van der Waals surface area contributed by atoms with Gasteiger partial charge in [0.25, 0.3) is 5.91 Å². The van der Waals surface area contributed by atoms with Gasteiger partial charge in [-0.05, 0) is 43.3 Å². The molecule has 0 spiro atoms. The highest BCUT2D eigenvalue weighted by Crippen LogP contribution is 2.25. The molecule has 3 aromatic rings. The van der Waals surface area contributed by atoms with Crippen LogP contribution in [-0.4, -0.2) is 37.9 Å². The summed E-state index contributed by atoms with van der Waals surface area (Å²) in [7, 11) is -2.32. The Bertz CT molecular complexity index is 1240. The maximum absolute atomic E-state index is 14.3. The number of hydrogen-bond acceptors (Lipinski definition) is 8. The number of ether oxygens (including phenoxy) is 1. The van der Waals surface area contributed by atoms with Crippen LogP contribution in [0, 0.1) is 12.7 Å². The number of aromatic nitrogens is 2. The quantitative estimate of drug-likeness (QED) is 0.400. The van der Waals surface area contributed by atoms with Gasteiger partial charge in [-0.2, -0.15) is 4.98 Å². The molecule has 12 heteroatoms. The van der Waals surface area contributed by atoms with Crippen molar-refractivity contribution in [3.8, 4) is 5.75 Å². The molecule has 3 rings (SSSR count). The third-order valence-corrected chi connectivity index (χ3v) is 5.17. The summed E-state index contributed by atoms with van der Waals surface area (Å²) in [4.78, 5) is 19.8. The number of amides is 1. The zero-order valence-corrected chi connectivity index (χ0v) is 18.0. The average molecular weight is 460 g/mol. The molecule has 168 valence electrons. The standard InChI is InChI=1S/C20H21FN6O4S/c1-12-10-24-20(26-13-3-6-15(7-4-13)32(22,29)30)27-19(12)25-14-5-8-17(16(21)9-14)31-11-18(28)23-2/h3-10H,11H2,1-2H3,(H,23,28)(H2,22,29,30)(H2,24,25,26,27). The highest BCUT2D eigenvalue weighted by atomic mass is 32.2. The Morgan fingerprint density at radius 3 is 2.44 bits per heavy atom. The number of nitrogens with one attached hydrogen (secondary N) is 3. The van der Waals surface area contributed by atoms with Crippen LogP contribution in [0.1, 0.15) is 5.56 Å². The van der Waals surface area contributed by atoms with Gasteiger partial charge in [0.1, 0.15) is 5.82 Å². The molecular weight excluding hydrogens is 439 g/mol. The first kappa shape index (κ1) is 22.9. The van der Waals surface area contributed by atoms with Crippen LogP contribution in [0.15, 0.2) is 53.6 Å². The largest absolute Gasteiger partial charge is 0.481 e. The van der Waals surface area contributed by atoms with E-state index in [1.165, 1.54) is 43.4 Å². The number of rotatable bonds is 8. The number of benzene rings is 2. The maximum Gasteiger partial charge on any atom is 0.257 e. The molecule has 1 heterocycles. The van der Waals surface area contributed by atoms with Crippen molar-refractivity contribution >= 4 is 39.1 Å². The number of nitrogens with two attached hydrogens (primary N) is 1. The minimum Gasteiger partial charge on any atom is -0.481 e. The first-order chi connectivity index (χ1) is 15.2. The number of likely N-dealkylation sites (N-methyl/N-ethyl adjacent to an activating group) is 1. The summed E-state index contributed by atoms with van der Waals surface area (Å²) in [5.41, 5.74) is 1.68.